The summed E-state index contributed by atoms with van der Waals surface area (Å²) in [5.41, 5.74) is 6.32. The molecule has 0 aromatic heterocycles. The van der Waals surface area contributed by atoms with Crippen molar-refractivity contribution in [3.8, 4) is 0 Å². The maximum absolute atomic E-state index is 12.9. The van der Waals surface area contributed by atoms with Gasteiger partial charge in [-0.2, -0.15) is 5.10 Å². The van der Waals surface area contributed by atoms with Crippen LogP contribution in [0.4, 0.5) is 5.69 Å². The fraction of sp³-hybridized carbons (Fsp3) is 0.192. The largest absolute Gasteiger partial charge is 0.395 e. The molecule has 0 spiro atoms. The molecule has 0 aliphatic carbocycles. The summed E-state index contributed by atoms with van der Waals surface area (Å²) in [5.74, 6) is -0.854. The van der Waals surface area contributed by atoms with Gasteiger partial charge in [-0.05, 0) is 55.4 Å². The minimum Gasteiger partial charge on any atom is -0.395 e. The number of amides is 2. The van der Waals surface area contributed by atoms with Crippen LogP contribution in [0.3, 0.4) is 0 Å². The van der Waals surface area contributed by atoms with Gasteiger partial charge in [-0.25, -0.2) is 5.43 Å². The maximum atomic E-state index is 12.9. The quantitative estimate of drug-likeness (QED) is 0.319. The number of nitrogens with zero attached hydrogens (tertiary/aromatic N) is 2. The van der Waals surface area contributed by atoms with E-state index in [1.165, 1.54) is 6.07 Å². The number of rotatable bonds is 9. The lowest BCUT2D eigenvalue weighted by atomic mass is 10.1. The molecular formula is C26H27ClN4O3. The number of halogens is 1. The number of carbonyl (C=O) groups excluding carboxylic acids is 2. The van der Waals surface area contributed by atoms with Gasteiger partial charge in [-0.15, -0.1) is 0 Å². The number of hydrogen-bond donors (Lipinski definition) is 3. The Morgan fingerprint density at radius 1 is 1.06 bits per heavy atom. The molecule has 3 N–H and O–H groups in total. The third kappa shape index (κ3) is 7.25. The van der Waals surface area contributed by atoms with Gasteiger partial charge < -0.3 is 10.4 Å². The number of carbonyl (C=O) groups is 2. The van der Waals surface area contributed by atoms with Crippen LogP contribution in [-0.4, -0.2) is 48.2 Å². The molecule has 3 aromatic carbocycles. The normalized spacial score (nSPS) is 11.1. The van der Waals surface area contributed by atoms with E-state index < -0.39 is 5.91 Å². The van der Waals surface area contributed by atoms with Gasteiger partial charge in [-0.1, -0.05) is 53.6 Å². The van der Waals surface area contributed by atoms with Gasteiger partial charge >= 0.3 is 0 Å². The van der Waals surface area contributed by atoms with Gasteiger partial charge in [-0.3, -0.25) is 14.5 Å². The predicted molar refractivity (Wildman–Crippen MR) is 136 cm³/mol. The highest BCUT2D eigenvalue weighted by atomic mass is 35.5. The Hall–Kier alpha value is -3.52. The van der Waals surface area contributed by atoms with E-state index in [1.807, 2.05) is 49.2 Å². The first-order valence-electron chi connectivity index (χ1n) is 10.7. The highest BCUT2D eigenvalue weighted by molar-refractivity contribution is 6.31. The summed E-state index contributed by atoms with van der Waals surface area (Å²) in [6, 6.07) is 19.6. The summed E-state index contributed by atoms with van der Waals surface area (Å²) >= 11 is 6.10. The van der Waals surface area contributed by atoms with Crippen LogP contribution in [0, 0.1) is 6.92 Å². The summed E-state index contributed by atoms with van der Waals surface area (Å²) in [5, 5.41) is 16.3. The van der Waals surface area contributed by atoms with Crippen molar-refractivity contribution in [3.05, 3.63) is 99.6 Å². The van der Waals surface area contributed by atoms with Crippen LogP contribution in [0.5, 0.6) is 0 Å². The van der Waals surface area contributed by atoms with E-state index >= 15 is 0 Å². The van der Waals surface area contributed by atoms with Crippen LogP contribution in [0.15, 0.2) is 71.8 Å². The Labute approximate surface area is 204 Å². The Balaban J connectivity index is 1.73. The minimum absolute atomic E-state index is 0.0626. The van der Waals surface area contributed by atoms with E-state index in [0.717, 1.165) is 16.7 Å². The molecule has 0 radical (unpaired) electrons. The molecule has 2 amide bonds. The first kappa shape index (κ1) is 25.1. The Morgan fingerprint density at radius 3 is 2.62 bits per heavy atom. The van der Waals surface area contributed by atoms with E-state index in [0.29, 0.717) is 29.4 Å². The summed E-state index contributed by atoms with van der Waals surface area (Å²) in [7, 11) is 1.89. The topological polar surface area (TPSA) is 94.0 Å². The molecule has 176 valence electrons. The standard InChI is InChI=1S/C26H27ClN4O3/c1-18-5-3-6-19(13-18)16-28-30-26(34)23-15-22(27)9-10-24(23)29-25(33)21-8-4-7-20(14-21)17-31(2)11-12-32/h3-10,13-16,32H,11-12,17H2,1-2H3,(H,29,33)(H,30,34)/b28-16+. The molecule has 3 rings (SSSR count). The number of benzene rings is 3. The summed E-state index contributed by atoms with van der Waals surface area (Å²) in [6.07, 6.45) is 1.55. The van der Waals surface area contributed by atoms with E-state index in [-0.39, 0.29) is 18.1 Å². The lowest BCUT2D eigenvalue weighted by Crippen LogP contribution is -2.22. The Bertz CT molecular complexity index is 1200. The number of hydrazone groups is 1. The summed E-state index contributed by atoms with van der Waals surface area (Å²) in [6.45, 7) is 3.16. The van der Waals surface area contributed by atoms with Crippen molar-refractivity contribution >= 4 is 35.3 Å². The van der Waals surface area contributed by atoms with E-state index in [4.69, 9.17) is 16.7 Å². The number of anilines is 1. The van der Waals surface area contributed by atoms with Gasteiger partial charge in [0, 0.05) is 23.7 Å². The third-order valence-corrected chi connectivity index (χ3v) is 5.25. The number of aliphatic hydroxyl groups excluding tert-OH is 1. The molecular weight excluding hydrogens is 452 g/mol. The van der Waals surface area contributed by atoms with Crippen molar-refractivity contribution < 1.29 is 14.7 Å². The van der Waals surface area contributed by atoms with Gasteiger partial charge in [0.05, 0.1) is 24.1 Å². The number of nitrogens with one attached hydrogen (secondary N) is 2. The molecule has 0 saturated carbocycles. The molecule has 0 saturated heterocycles. The number of aliphatic hydroxyl groups is 1. The van der Waals surface area contributed by atoms with E-state index in [1.54, 1.807) is 36.5 Å². The van der Waals surface area contributed by atoms with Crippen molar-refractivity contribution in [1.82, 2.24) is 10.3 Å². The fourth-order valence-electron chi connectivity index (χ4n) is 3.36. The maximum Gasteiger partial charge on any atom is 0.273 e. The molecule has 0 bridgehead atoms. The molecule has 8 heteroatoms. The first-order valence-corrected chi connectivity index (χ1v) is 11.1. The number of hydrogen-bond acceptors (Lipinski definition) is 5. The van der Waals surface area contributed by atoms with Crippen LogP contribution in [0.1, 0.15) is 37.4 Å². The molecule has 0 unspecified atom stereocenters. The average Bonchev–Trinajstić information content (AvgIpc) is 2.80. The molecule has 0 atom stereocenters. The van der Waals surface area contributed by atoms with Crippen molar-refractivity contribution in [2.45, 2.75) is 13.5 Å². The smallest absolute Gasteiger partial charge is 0.273 e. The zero-order chi connectivity index (χ0) is 24.5. The van der Waals surface area contributed by atoms with Gasteiger partial charge in [0.25, 0.3) is 11.8 Å². The molecule has 0 heterocycles. The SMILES string of the molecule is Cc1cccc(/C=N/NC(=O)c2cc(Cl)ccc2NC(=O)c2cccc(CN(C)CCO)c2)c1. The second-order valence-corrected chi connectivity index (χ2v) is 8.36. The lowest BCUT2D eigenvalue weighted by molar-refractivity contribution is 0.0956. The Kier molecular flexibility index (Phi) is 8.93. The second-order valence-electron chi connectivity index (χ2n) is 7.92. The monoisotopic (exact) mass is 478 g/mol. The number of aryl methyl sites for hydroxylation is 1. The highest BCUT2D eigenvalue weighted by Gasteiger charge is 2.15. The summed E-state index contributed by atoms with van der Waals surface area (Å²) in [4.78, 5) is 27.6. The van der Waals surface area contributed by atoms with E-state index in [9.17, 15) is 9.59 Å². The lowest BCUT2D eigenvalue weighted by Gasteiger charge is -2.16. The van der Waals surface area contributed by atoms with E-state index in [2.05, 4.69) is 15.8 Å². The second kappa shape index (κ2) is 12.1. The third-order valence-electron chi connectivity index (χ3n) is 5.02. The molecule has 3 aromatic rings. The average molecular weight is 479 g/mol. The fourth-order valence-corrected chi connectivity index (χ4v) is 3.53. The molecule has 0 aliphatic heterocycles. The predicted octanol–water partition coefficient (Wildman–Crippen LogP) is 4.09. The Morgan fingerprint density at radius 2 is 1.85 bits per heavy atom. The summed E-state index contributed by atoms with van der Waals surface area (Å²) < 4.78 is 0. The van der Waals surface area contributed by atoms with Crippen LogP contribution in [0.25, 0.3) is 0 Å². The van der Waals surface area contributed by atoms with Crippen LogP contribution in [0.2, 0.25) is 5.02 Å². The molecule has 0 aliphatic rings. The highest BCUT2D eigenvalue weighted by Crippen LogP contribution is 2.22. The molecule has 34 heavy (non-hydrogen) atoms. The van der Waals surface area contributed by atoms with Gasteiger partial charge in [0.15, 0.2) is 0 Å². The van der Waals surface area contributed by atoms with Crippen LogP contribution < -0.4 is 10.7 Å². The van der Waals surface area contributed by atoms with Crippen molar-refractivity contribution in [2.75, 3.05) is 25.5 Å². The minimum atomic E-state index is -0.499. The van der Waals surface area contributed by atoms with Gasteiger partial charge in [0.2, 0.25) is 0 Å². The zero-order valence-corrected chi connectivity index (χ0v) is 19.8. The first-order chi connectivity index (χ1) is 16.4. The number of likely N-dealkylation sites (N-methyl/N-ethyl adjacent to an activating group) is 1. The molecule has 0 fully saturated rings. The van der Waals surface area contributed by atoms with Crippen molar-refractivity contribution in [3.63, 3.8) is 0 Å². The van der Waals surface area contributed by atoms with Crippen molar-refractivity contribution in [2.24, 2.45) is 5.10 Å². The molecule has 7 nitrogen and oxygen atoms in total. The van der Waals surface area contributed by atoms with Crippen LogP contribution in [-0.2, 0) is 6.54 Å². The van der Waals surface area contributed by atoms with Crippen LogP contribution >= 0.6 is 11.6 Å². The van der Waals surface area contributed by atoms with Crippen molar-refractivity contribution in [1.29, 1.82) is 0 Å². The zero-order valence-electron chi connectivity index (χ0n) is 19.1. The van der Waals surface area contributed by atoms with Gasteiger partial charge in [0.1, 0.15) is 0 Å².